The van der Waals surface area contributed by atoms with Crippen LogP contribution >= 0.6 is 0 Å². The van der Waals surface area contributed by atoms with Gasteiger partial charge in [-0.25, -0.2) is 0 Å². The van der Waals surface area contributed by atoms with Gasteiger partial charge in [0.2, 0.25) is 0 Å². The van der Waals surface area contributed by atoms with E-state index in [1.54, 1.807) is 48.5 Å². The van der Waals surface area contributed by atoms with E-state index in [0.29, 0.717) is 22.3 Å². The van der Waals surface area contributed by atoms with Crippen molar-refractivity contribution in [3.63, 3.8) is 0 Å². The van der Waals surface area contributed by atoms with E-state index in [9.17, 15) is 19.8 Å². The van der Waals surface area contributed by atoms with E-state index >= 15 is 0 Å². The van der Waals surface area contributed by atoms with E-state index in [4.69, 9.17) is 9.47 Å². The molecular formula is C30H32O6. The molecule has 2 unspecified atom stereocenters. The maximum Gasteiger partial charge on any atom is 0.314 e. The van der Waals surface area contributed by atoms with Crippen molar-refractivity contribution < 1.29 is 29.3 Å². The predicted octanol–water partition coefficient (Wildman–Crippen LogP) is 6.99. The number of phenols is 2. The van der Waals surface area contributed by atoms with Crippen LogP contribution in [0.2, 0.25) is 0 Å². The van der Waals surface area contributed by atoms with E-state index < -0.39 is 0 Å². The lowest BCUT2D eigenvalue weighted by Crippen LogP contribution is -2.17. The summed E-state index contributed by atoms with van der Waals surface area (Å²) in [7, 11) is 0. The van der Waals surface area contributed by atoms with Crippen molar-refractivity contribution >= 4 is 33.5 Å². The van der Waals surface area contributed by atoms with Gasteiger partial charge in [0.05, 0.1) is 11.8 Å². The fourth-order valence-electron chi connectivity index (χ4n) is 3.45. The average Bonchev–Trinajstić information content (AvgIpc) is 2.90. The number of ether oxygens (including phenoxy) is 2. The molecule has 6 heteroatoms. The Bertz CT molecular complexity index is 1300. The van der Waals surface area contributed by atoms with Crippen molar-refractivity contribution in [1.82, 2.24) is 0 Å². The molecule has 0 saturated heterocycles. The van der Waals surface area contributed by atoms with Crippen LogP contribution < -0.4 is 9.47 Å². The number of esters is 2. The molecular weight excluding hydrogens is 456 g/mol. The zero-order valence-electron chi connectivity index (χ0n) is 21.0. The van der Waals surface area contributed by atoms with Crippen LogP contribution in [0.3, 0.4) is 0 Å². The molecule has 4 rings (SSSR count). The highest BCUT2D eigenvalue weighted by molar-refractivity contribution is 5.95. The van der Waals surface area contributed by atoms with Gasteiger partial charge >= 0.3 is 11.9 Å². The first-order valence-electron chi connectivity index (χ1n) is 12.1. The van der Waals surface area contributed by atoms with Crippen LogP contribution in [0, 0.1) is 11.8 Å². The minimum absolute atomic E-state index is 0.127. The van der Waals surface area contributed by atoms with Crippen LogP contribution in [0.5, 0.6) is 23.0 Å². The number of hydrogen-bond donors (Lipinski definition) is 2. The Kier molecular flexibility index (Phi) is 8.90. The van der Waals surface area contributed by atoms with E-state index in [1.807, 2.05) is 52.0 Å². The number of benzene rings is 4. The largest absolute Gasteiger partial charge is 0.507 e. The molecule has 0 saturated carbocycles. The maximum absolute atomic E-state index is 11.8. The highest BCUT2D eigenvalue weighted by Gasteiger charge is 2.16. The zero-order chi connectivity index (χ0) is 26.2. The summed E-state index contributed by atoms with van der Waals surface area (Å²) < 4.78 is 10.8. The standard InChI is InChI=1S/2C15H16O3/c1-3-10(2)15(17)18-14-9-5-6-11-12(14)7-4-8-13(11)16;1-3-10(2)15(17)18-14-9-8-13(16)11-6-4-5-7-12(11)14/h2*4-10,16H,3H2,1-2H3. The Labute approximate surface area is 211 Å². The number of carbonyl (C=O) groups excluding carboxylic acids is 2. The number of phenolic OH excluding ortho intramolecular Hbond substituents is 2. The third-order valence-electron chi connectivity index (χ3n) is 6.17. The molecule has 2 N–H and O–H groups in total. The minimum Gasteiger partial charge on any atom is -0.507 e. The molecule has 4 aromatic rings. The van der Waals surface area contributed by atoms with Crippen LogP contribution in [0.25, 0.3) is 21.5 Å². The van der Waals surface area contributed by atoms with Crippen LogP contribution in [0.15, 0.2) is 72.8 Å². The van der Waals surface area contributed by atoms with Crippen molar-refractivity contribution in [1.29, 1.82) is 0 Å². The third kappa shape index (κ3) is 6.13. The molecule has 36 heavy (non-hydrogen) atoms. The van der Waals surface area contributed by atoms with Crippen LogP contribution in [-0.2, 0) is 9.59 Å². The quantitative estimate of drug-likeness (QED) is 0.224. The minimum atomic E-state index is -0.242. The van der Waals surface area contributed by atoms with Gasteiger partial charge in [0.1, 0.15) is 23.0 Å². The Hall–Kier alpha value is -4.06. The van der Waals surface area contributed by atoms with E-state index in [0.717, 1.165) is 23.6 Å². The molecule has 2 atom stereocenters. The molecule has 0 amide bonds. The second-order valence-electron chi connectivity index (χ2n) is 8.72. The zero-order valence-corrected chi connectivity index (χ0v) is 21.0. The normalized spacial score (nSPS) is 12.3. The first-order valence-corrected chi connectivity index (χ1v) is 12.1. The van der Waals surface area contributed by atoms with Gasteiger partial charge in [0.25, 0.3) is 0 Å². The van der Waals surface area contributed by atoms with Gasteiger partial charge in [-0.15, -0.1) is 0 Å². The van der Waals surface area contributed by atoms with Crippen molar-refractivity contribution in [2.45, 2.75) is 40.5 Å². The van der Waals surface area contributed by atoms with Gasteiger partial charge in [-0.2, -0.15) is 0 Å². The van der Waals surface area contributed by atoms with Crippen LogP contribution in [0.4, 0.5) is 0 Å². The van der Waals surface area contributed by atoms with Gasteiger partial charge in [0.15, 0.2) is 0 Å². The van der Waals surface area contributed by atoms with Gasteiger partial charge in [-0.3, -0.25) is 9.59 Å². The summed E-state index contributed by atoms with van der Waals surface area (Å²) in [6.07, 6.45) is 1.49. The van der Waals surface area contributed by atoms with Crippen molar-refractivity contribution in [2.75, 3.05) is 0 Å². The fourth-order valence-corrected chi connectivity index (χ4v) is 3.45. The summed E-state index contributed by atoms with van der Waals surface area (Å²) in [6.45, 7) is 7.57. The van der Waals surface area contributed by atoms with Crippen LogP contribution in [-0.4, -0.2) is 22.2 Å². The molecule has 0 heterocycles. The third-order valence-corrected chi connectivity index (χ3v) is 6.17. The molecule has 0 aliphatic heterocycles. The Morgan fingerprint density at radius 2 is 1.03 bits per heavy atom. The molecule has 4 aromatic carbocycles. The highest BCUT2D eigenvalue weighted by atomic mass is 16.5. The molecule has 0 bridgehead atoms. The van der Waals surface area contributed by atoms with Gasteiger partial charge in [-0.05, 0) is 37.1 Å². The molecule has 0 aliphatic rings. The lowest BCUT2D eigenvalue weighted by Gasteiger charge is -2.11. The molecule has 0 spiro atoms. The monoisotopic (exact) mass is 488 g/mol. The SMILES string of the molecule is CCC(C)C(=O)Oc1ccc(O)c2ccccc12.CCC(C)C(=O)Oc1cccc2c(O)cccc12. The lowest BCUT2D eigenvalue weighted by atomic mass is 10.1. The van der Waals surface area contributed by atoms with E-state index in [1.165, 1.54) is 0 Å². The van der Waals surface area contributed by atoms with Crippen LogP contribution in [0.1, 0.15) is 40.5 Å². The number of carbonyl (C=O) groups is 2. The Morgan fingerprint density at radius 1 is 0.611 bits per heavy atom. The van der Waals surface area contributed by atoms with Gasteiger partial charge < -0.3 is 19.7 Å². The summed E-state index contributed by atoms with van der Waals surface area (Å²) in [4.78, 5) is 23.6. The van der Waals surface area contributed by atoms with E-state index in [-0.39, 0.29) is 35.3 Å². The maximum atomic E-state index is 11.8. The summed E-state index contributed by atoms with van der Waals surface area (Å²) >= 11 is 0. The smallest absolute Gasteiger partial charge is 0.314 e. The second-order valence-corrected chi connectivity index (χ2v) is 8.72. The summed E-state index contributed by atoms with van der Waals surface area (Å²) in [5, 5.41) is 22.4. The fraction of sp³-hybridized carbons (Fsp3) is 0.267. The molecule has 0 radical (unpaired) electrons. The van der Waals surface area contributed by atoms with E-state index in [2.05, 4.69) is 0 Å². The lowest BCUT2D eigenvalue weighted by molar-refractivity contribution is -0.139. The first-order chi connectivity index (χ1) is 17.3. The van der Waals surface area contributed by atoms with Crippen molar-refractivity contribution in [3.8, 4) is 23.0 Å². The summed E-state index contributed by atoms with van der Waals surface area (Å²) in [5.41, 5.74) is 0. The van der Waals surface area contributed by atoms with Gasteiger partial charge in [-0.1, -0.05) is 76.2 Å². The number of rotatable bonds is 6. The average molecular weight is 489 g/mol. The molecule has 0 aromatic heterocycles. The topological polar surface area (TPSA) is 93.1 Å². The molecule has 6 nitrogen and oxygen atoms in total. The van der Waals surface area contributed by atoms with Gasteiger partial charge in [0, 0.05) is 21.5 Å². The summed E-state index contributed by atoms with van der Waals surface area (Å²) in [5.74, 6) is 0.627. The Morgan fingerprint density at radius 3 is 1.58 bits per heavy atom. The molecule has 0 fully saturated rings. The predicted molar refractivity (Wildman–Crippen MR) is 141 cm³/mol. The number of aromatic hydroxyl groups is 2. The molecule has 188 valence electrons. The number of hydrogen-bond acceptors (Lipinski definition) is 6. The molecule has 0 aliphatic carbocycles. The Balaban J connectivity index is 0.000000201. The van der Waals surface area contributed by atoms with Crippen molar-refractivity contribution in [2.24, 2.45) is 11.8 Å². The van der Waals surface area contributed by atoms with Crippen molar-refractivity contribution in [3.05, 3.63) is 72.8 Å². The first kappa shape index (κ1) is 26.5. The summed E-state index contributed by atoms with van der Waals surface area (Å²) in [6, 6.07) is 21.0. The second kappa shape index (κ2) is 12.1. The number of fused-ring (bicyclic) bond motifs is 2. The highest BCUT2D eigenvalue weighted by Crippen LogP contribution is 2.33.